The zero-order chi connectivity index (χ0) is 7.61. The van der Waals surface area contributed by atoms with Crippen molar-refractivity contribution >= 4 is 0 Å². The summed E-state index contributed by atoms with van der Waals surface area (Å²) in [6.07, 6.45) is 1.86. The fourth-order valence-electron chi connectivity index (χ4n) is 1.35. The SMILES string of the molecule is CCN1CCC(C)(O)CC1. The van der Waals surface area contributed by atoms with Crippen LogP contribution in [0.5, 0.6) is 0 Å². The molecule has 1 fully saturated rings. The van der Waals surface area contributed by atoms with Crippen LogP contribution in [0.15, 0.2) is 0 Å². The van der Waals surface area contributed by atoms with Gasteiger partial charge in [0.15, 0.2) is 0 Å². The molecule has 0 bridgehead atoms. The van der Waals surface area contributed by atoms with Crippen LogP contribution in [-0.2, 0) is 0 Å². The lowest BCUT2D eigenvalue weighted by atomic mass is 9.94. The van der Waals surface area contributed by atoms with Crippen molar-refractivity contribution in [2.75, 3.05) is 19.6 Å². The van der Waals surface area contributed by atoms with Gasteiger partial charge in [-0.25, -0.2) is 0 Å². The van der Waals surface area contributed by atoms with Gasteiger partial charge in [-0.05, 0) is 26.3 Å². The highest BCUT2D eigenvalue weighted by Gasteiger charge is 2.25. The quantitative estimate of drug-likeness (QED) is 0.588. The number of nitrogens with zero attached hydrogens (tertiary/aromatic N) is 1. The Kier molecular flexibility index (Phi) is 2.32. The largest absolute Gasteiger partial charge is 0.390 e. The van der Waals surface area contributed by atoms with E-state index >= 15 is 0 Å². The van der Waals surface area contributed by atoms with Gasteiger partial charge in [-0.15, -0.1) is 0 Å². The van der Waals surface area contributed by atoms with Gasteiger partial charge in [-0.1, -0.05) is 6.92 Å². The van der Waals surface area contributed by atoms with Gasteiger partial charge in [0.2, 0.25) is 0 Å². The second kappa shape index (κ2) is 2.89. The van der Waals surface area contributed by atoms with Gasteiger partial charge >= 0.3 is 0 Å². The van der Waals surface area contributed by atoms with E-state index in [1.165, 1.54) is 0 Å². The monoisotopic (exact) mass is 143 g/mol. The maximum Gasteiger partial charge on any atom is 0.0644 e. The Morgan fingerprint density at radius 1 is 1.40 bits per heavy atom. The molecule has 0 radical (unpaired) electrons. The van der Waals surface area contributed by atoms with E-state index in [0.29, 0.717) is 0 Å². The molecule has 2 nitrogen and oxygen atoms in total. The first kappa shape index (κ1) is 8.02. The third-order valence-corrected chi connectivity index (χ3v) is 2.38. The molecule has 1 aliphatic heterocycles. The Hall–Kier alpha value is -0.0800. The lowest BCUT2D eigenvalue weighted by molar-refractivity contribution is -0.00390. The zero-order valence-electron chi connectivity index (χ0n) is 6.93. The van der Waals surface area contributed by atoms with Crippen LogP contribution in [0, 0.1) is 0 Å². The predicted octanol–water partition coefficient (Wildman–Crippen LogP) is 0.853. The fourth-order valence-corrected chi connectivity index (χ4v) is 1.35. The number of rotatable bonds is 1. The van der Waals surface area contributed by atoms with Crippen LogP contribution >= 0.6 is 0 Å². The van der Waals surface area contributed by atoms with E-state index in [-0.39, 0.29) is 5.60 Å². The van der Waals surface area contributed by atoms with Crippen molar-refractivity contribution in [3.63, 3.8) is 0 Å². The summed E-state index contributed by atoms with van der Waals surface area (Å²) in [5.41, 5.74) is -0.383. The summed E-state index contributed by atoms with van der Waals surface area (Å²) in [6, 6.07) is 0. The zero-order valence-corrected chi connectivity index (χ0v) is 6.93. The van der Waals surface area contributed by atoms with Gasteiger partial charge in [0.25, 0.3) is 0 Å². The molecule has 0 aromatic rings. The molecule has 0 saturated carbocycles. The highest BCUT2D eigenvalue weighted by molar-refractivity contribution is 4.80. The molecular formula is C8H17NO. The van der Waals surface area contributed by atoms with Crippen LogP contribution in [0.4, 0.5) is 0 Å². The third kappa shape index (κ3) is 1.96. The van der Waals surface area contributed by atoms with Crippen LogP contribution in [0.3, 0.4) is 0 Å². The Morgan fingerprint density at radius 3 is 2.30 bits per heavy atom. The minimum Gasteiger partial charge on any atom is -0.390 e. The number of aliphatic hydroxyl groups is 1. The molecule has 1 heterocycles. The molecule has 1 saturated heterocycles. The highest BCUT2D eigenvalue weighted by Crippen LogP contribution is 2.20. The number of hydrogen-bond acceptors (Lipinski definition) is 2. The van der Waals surface area contributed by atoms with Gasteiger partial charge in [0, 0.05) is 13.1 Å². The average molecular weight is 143 g/mol. The lowest BCUT2D eigenvalue weighted by Crippen LogP contribution is -2.42. The molecule has 0 aromatic carbocycles. The molecule has 0 amide bonds. The van der Waals surface area contributed by atoms with E-state index in [2.05, 4.69) is 11.8 Å². The predicted molar refractivity (Wildman–Crippen MR) is 42.0 cm³/mol. The van der Waals surface area contributed by atoms with Crippen molar-refractivity contribution in [1.82, 2.24) is 4.90 Å². The highest BCUT2D eigenvalue weighted by atomic mass is 16.3. The molecule has 1 rings (SSSR count). The van der Waals surface area contributed by atoms with E-state index in [9.17, 15) is 5.11 Å². The summed E-state index contributed by atoms with van der Waals surface area (Å²) in [7, 11) is 0. The molecule has 0 spiro atoms. The van der Waals surface area contributed by atoms with Gasteiger partial charge in [0.1, 0.15) is 0 Å². The first-order chi connectivity index (χ1) is 4.64. The minimum atomic E-state index is -0.383. The summed E-state index contributed by atoms with van der Waals surface area (Å²) in [5.74, 6) is 0. The van der Waals surface area contributed by atoms with Crippen LogP contribution < -0.4 is 0 Å². The maximum atomic E-state index is 9.56. The molecule has 0 atom stereocenters. The Labute approximate surface area is 62.8 Å². The van der Waals surface area contributed by atoms with Gasteiger partial charge in [-0.2, -0.15) is 0 Å². The van der Waals surface area contributed by atoms with E-state index in [1.54, 1.807) is 0 Å². The Balaban J connectivity index is 2.31. The van der Waals surface area contributed by atoms with E-state index in [1.807, 2.05) is 6.92 Å². The van der Waals surface area contributed by atoms with E-state index in [0.717, 1.165) is 32.5 Å². The average Bonchev–Trinajstić information content (AvgIpc) is 1.88. The second-order valence-electron chi connectivity index (χ2n) is 3.43. The van der Waals surface area contributed by atoms with Crippen LogP contribution in [0.2, 0.25) is 0 Å². The number of hydrogen-bond donors (Lipinski definition) is 1. The summed E-state index contributed by atoms with van der Waals surface area (Å²) in [4.78, 5) is 2.37. The van der Waals surface area contributed by atoms with Gasteiger partial charge in [0.05, 0.1) is 5.60 Å². The first-order valence-corrected chi connectivity index (χ1v) is 4.09. The normalized spacial score (nSPS) is 26.7. The lowest BCUT2D eigenvalue weighted by Gasteiger charge is -2.34. The number of piperidine rings is 1. The first-order valence-electron chi connectivity index (χ1n) is 4.09. The van der Waals surface area contributed by atoms with E-state index < -0.39 is 0 Å². The van der Waals surface area contributed by atoms with Crippen LogP contribution in [0.25, 0.3) is 0 Å². The Bertz CT molecular complexity index is 102. The molecule has 0 aliphatic carbocycles. The molecule has 1 aliphatic rings. The van der Waals surface area contributed by atoms with Crippen LogP contribution in [-0.4, -0.2) is 35.2 Å². The summed E-state index contributed by atoms with van der Waals surface area (Å²) >= 11 is 0. The summed E-state index contributed by atoms with van der Waals surface area (Å²) < 4.78 is 0. The molecule has 0 aromatic heterocycles. The standard InChI is InChI=1S/C8H17NO/c1-3-9-6-4-8(2,10)5-7-9/h10H,3-7H2,1-2H3. The van der Waals surface area contributed by atoms with E-state index in [4.69, 9.17) is 0 Å². The molecule has 1 N–H and O–H groups in total. The topological polar surface area (TPSA) is 23.5 Å². The third-order valence-electron chi connectivity index (χ3n) is 2.38. The van der Waals surface area contributed by atoms with Crippen molar-refractivity contribution in [3.8, 4) is 0 Å². The summed E-state index contributed by atoms with van der Waals surface area (Å²) in [6.45, 7) is 7.34. The fraction of sp³-hybridized carbons (Fsp3) is 1.00. The van der Waals surface area contributed by atoms with Crippen LogP contribution in [0.1, 0.15) is 26.7 Å². The molecule has 60 valence electrons. The second-order valence-corrected chi connectivity index (χ2v) is 3.43. The van der Waals surface area contributed by atoms with Crippen molar-refractivity contribution in [3.05, 3.63) is 0 Å². The van der Waals surface area contributed by atoms with Crippen molar-refractivity contribution in [2.45, 2.75) is 32.3 Å². The van der Waals surface area contributed by atoms with Crippen molar-refractivity contribution in [1.29, 1.82) is 0 Å². The maximum absolute atomic E-state index is 9.56. The van der Waals surface area contributed by atoms with Crippen molar-refractivity contribution in [2.24, 2.45) is 0 Å². The van der Waals surface area contributed by atoms with Crippen molar-refractivity contribution < 1.29 is 5.11 Å². The molecular weight excluding hydrogens is 126 g/mol. The van der Waals surface area contributed by atoms with Gasteiger partial charge < -0.3 is 10.0 Å². The summed E-state index contributed by atoms with van der Waals surface area (Å²) in [5, 5.41) is 9.56. The molecule has 2 heteroatoms. The minimum absolute atomic E-state index is 0.383. The number of likely N-dealkylation sites (tertiary alicyclic amines) is 1. The molecule has 10 heavy (non-hydrogen) atoms. The molecule has 0 unspecified atom stereocenters. The Morgan fingerprint density at radius 2 is 1.90 bits per heavy atom. The van der Waals surface area contributed by atoms with Gasteiger partial charge in [-0.3, -0.25) is 0 Å². The smallest absolute Gasteiger partial charge is 0.0644 e.